The Morgan fingerprint density at radius 2 is 1.47 bits per heavy atom. The van der Waals surface area contributed by atoms with Crippen LogP contribution in [0.25, 0.3) is 0 Å². The highest BCUT2D eigenvalue weighted by Crippen LogP contribution is 2.21. The van der Waals surface area contributed by atoms with Gasteiger partial charge in [0.15, 0.2) is 5.78 Å². The van der Waals surface area contributed by atoms with Crippen LogP contribution in [-0.4, -0.2) is 47.2 Å². The fourth-order valence-corrected chi connectivity index (χ4v) is 3.64. The lowest BCUT2D eigenvalue weighted by Crippen LogP contribution is -2.51. The second-order valence-electron chi connectivity index (χ2n) is 10.4. The first-order valence-corrected chi connectivity index (χ1v) is 12.2. The predicted molar refractivity (Wildman–Crippen MR) is 136 cm³/mol. The molecule has 0 bridgehead atoms. The van der Waals surface area contributed by atoms with Gasteiger partial charge in [0, 0.05) is 25.2 Å². The van der Waals surface area contributed by atoms with Crippen molar-refractivity contribution in [3.63, 3.8) is 0 Å². The second-order valence-corrected chi connectivity index (χ2v) is 10.4. The zero-order valence-electron chi connectivity index (χ0n) is 22.1. The van der Waals surface area contributed by atoms with Crippen LogP contribution < -0.4 is 16.4 Å². The van der Waals surface area contributed by atoms with Crippen LogP contribution in [0.1, 0.15) is 66.4 Å². The molecule has 9 nitrogen and oxygen atoms in total. The molecular weight excluding hydrogens is 462 g/mol. The molecule has 0 saturated heterocycles. The van der Waals surface area contributed by atoms with Crippen molar-refractivity contribution in [2.24, 2.45) is 23.0 Å². The summed E-state index contributed by atoms with van der Waals surface area (Å²) in [6, 6.07) is 7.05. The molecule has 0 aliphatic carbocycles. The van der Waals surface area contributed by atoms with Crippen LogP contribution in [0, 0.1) is 17.3 Å². The standard InChI is InChI=1S/C27H39N3O6/c1-16(2)12-20(14-21(31)13-19-10-8-7-9-11-19)24(34)30-18(4)23(33)25(35)29-17(3)22(32)15-27(5,6)26(28)36/h7-11,16-18,20H,12-15H2,1-6H3,(H2,28,36)(H,29,35)(H,30,34)/t17-,18?,20+/m0/s1. The number of Topliss-reactive ketones (excluding diaryl/α,β-unsaturated/α-hetero) is 3. The van der Waals surface area contributed by atoms with Crippen LogP contribution in [0.5, 0.6) is 0 Å². The van der Waals surface area contributed by atoms with Crippen molar-refractivity contribution in [1.82, 2.24) is 10.6 Å². The quantitative estimate of drug-likeness (QED) is 0.312. The van der Waals surface area contributed by atoms with E-state index in [1.54, 1.807) is 0 Å². The smallest absolute Gasteiger partial charge is 0.290 e. The third-order valence-electron chi connectivity index (χ3n) is 5.93. The van der Waals surface area contributed by atoms with E-state index in [-0.39, 0.29) is 31.0 Å². The Hall–Kier alpha value is -3.36. The zero-order valence-corrected chi connectivity index (χ0v) is 22.1. The van der Waals surface area contributed by atoms with Crippen molar-refractivity contribution < 1.29 is 28.8 Å². The number of carbonyl (C=O) groups excluding carboxylic acids is 6. The highest BCUT2D eigenvalue weighted by molar-refractivity contribution is 6.38. The second kappa shape index (κ2) is 13.7. The van der Waals surface area contributed by atoms with Gasteiger partial charge in [-0.1, -0.05) is 58.0 Å². The van der Waals surface area contributed by atoms with Crippen LogP contribution in [-0.2, 0) is 35.2 Å². The maximum absolute atomic E-state index is 12.9. The SMILES string of the molecule is CC(C)C[C@H](CC(=O)Cc1ccccc1)C(=O)NC(C)C(=O)C(=O)N[C@@H](C)C(=O)CC(C)(C)C(N)=O. The molecule has 0 heterocycles. The molecule has 1 aromatic rings. The number of ketones is 3. The average molecular weight is 502 g/mol. The van der Waals surface area contributed by atoms with E-state index in [0.29, 0.717) is 6.42 Å². The number of primary amides is 1. The van der Waals surface area contributed by atoms with Crippen LogP contribution in [0.3, 0.4) is 0 Å². The van der Waals surface area contributed by atoms with Crippen molar-refractivity contribution in [2.75, 3.05) is 0 Å². The van der Waals surface area contributed by atoms with Crippen molar-refractivity contribution in [3.05, 3.63) is 35.9 Å². The number of amides is 3. The Balaban J connectivity index is 2.73. The molecule has 0 aliphatic heterocycles. The van der Waals surface area contributed by atoms with Crippen LogP contribution in [0.4, 0.5) is 0 Å². The number of nitrogens with two attached hydrogens (primary N) is 1. The van der Waals surface area contributed by atoms with E-state index in [9.17, 15) is 28.8 Å². The summed E-state index contributed by atoms with van der Waals surface area (Å²) in [6.07, 6.45) is 0.476. The fraction of sp³-hybridized carbons (Fsp3) is 0.556. The number of hydrogen-bond donors (Lipinski definition) is 3. The Morgan fingerprint density at radius 1 is 0.889 bits per heavy atom. The number of rotatable bonds is 15. The van der Waals surface area contributed by atoms with Gasteiger partial charge in [0.1, 0.15) is 5.78 Å². The van der Waals surface area contributed by atoms with Gasteiger partial charge >= 0.3 is 0 Å². The summed E-state index contributed by atoms with van der Waals surface area (Å²) >= 11 is 0. The first-order chi connectivity index (χ1) is 16.6. The molecule has 0 radical (unpaired) electrons. The summed E-state index contributed by atoms with van der Waals surface area (Å²) in [7, 11) is 0. The van der Waals surface area contributed by atoms with Gasteiger partial charge in [-0.15, -0.1) is 0 Å². The van der Waals surface area contributed by atoms with E-state index >= 15 is 0 Å². The van der Waals surface area contributed by atoms with Crippen molar-refractivity contribution in [2.45, 2.75) is 79.3 Å². The zero-order chi connectivity index (χ0) is 27.6. The summed E-state index contributed by atoms with van der Waals surface area (Å²) in [4.78, 5) is 74.3. The van der Waals surface area contributed by atoms with Gasteiger partial charge in [0.05, 0.1) is 17.5 Å². The van der Waals surface area contributed by atoms with Gasteiger partial charge < -0.3 is 16.4 Å². The minimum atomic E-state index is -1.15. The molecule has 3 atom stereocenters. The lowest BCUT2D eigenvalue weighted by atomic mass is 9.85. The molecule has 3 amide bonds. The monoisotopic (exact) mass is 501 g/mol. The van der Waals surface area contributed by atoms with Crippen molar-refractivity contribution >= 4 is 35.1 Å². The predicted octanol–water partition coefficient (Wildman–Crippen LogP) is 1.90. The largest absolute Gasteiger partial charge is 0.369 e. The number of carbonyl (C=O) groups is 6. The molecule has 1 unspecified atom stereocenters. The Labute approximate surface area is 213 Å². The summed E-state index contributed by atoms with van der Waals surface area (Å²) in [5, 5.41) is 4.86. The average Bonchev–Trinajstić information content (AvgIpc) is 2.77. The van der Waals surface area contributed by atoms with Gasteiger partial charge in [0.2, 0.25) is 17.6 Å². The molecule has 198 valence electrons. The highest BCUT2D eigenvalue weighted by Gasteiger charge is 2.33. The number of hydrogen-bond acceptors (Lipinski definition) is 6. The summed E-state index contributed by atoms with van der Waals surface area (Å²) < 4.78 is 0. The minimum absolute atomic E-state index is 0.0210. The molecule has 0 saturated carbocycles. The van der Waals surface area contributed by atoms with Gasteiger partial charge in [-0.05, 0) is 31.7 Å². The third kappa shape index (κ3) is 10.1. The maximum Gasteiger partial charge on any atom is 0.290 e. The molecule has 1 rings (SSSR count). The van der Waals surface area contributed by atoms with E-state index in [2.05, 4.69) is 10.6 Å². The van der Waals surface area contributed by atoms with E-state index in [4.69, 9.17) is 5.73 Å². The van der Waals surface area contributed by atoms with E-state index in [1.807, 2.05) is 44.2 Å². The molecule has 9 heteroatoms. The van der Waals surface area contributed by atoms with Crippen LogP contribution in [0.15, 0.2) is 30.3 Å². The molecule has 0 aromatic heterocycles. The van der Waals surface area contributed by atoms with Crippen molar-refractivity contribution in [1.29, 1.82) is 0 Å². The Kier molecular flexibility index (Phi) is 11.6. The van der Waals surface area contributed by atoms with Crippen LogP contribution in [0.2, 0.25) is 0 Å². The topological polar surface area (TPSA) is 152 Å². The minimum Gasteiger partial charge on any atom is -0.369 e. The maximum atomic E-state index is 12.9. The van der Waals surface area contributed by atoms with Gasteiger partial charge in [0.25, 0.3) is 5.91 Å². The van der Waals surface area contributed by atoms with Gasteiger partial charge in [-0.25, -0.2) is 0 Å². The highest BCUT2D eigenvalue weighted by atomic mass is 16.2. The molecule has 0 spiro atoms. The summed E-state index contributed by atoms with van der Waals surface area (Å²) in [5.41, 5.74) is 5.05. The van der Waals surface area contributed by atoms with Gasteiger partial charge in [-0.2, -0.15) is 0 Å². The van der Waals surface area contributed by atoms with E-state index < -0.39 is 52.7 Å². The first-order valence-electron chi connectivity index (χ1n) is 12.2. The Bertz CT molecular complexity index is 971. The number of nitrogens with one attached hydrogen (secondary N) is 2. The molecule has 0 fully saturated rings. The summed E-state index contributed by atoms with van der Waals surface area (Å²) in [6.45, 7) is 9.68. The van der Waals surface area contributed by atoms with Crippen LogP contribution >= 0.6 is 0 Å². The van der Waals surface area contributed by atoms with Gasteiger partial charge in [-0.3, -0.25) is 28.8 Å². The summed E-state index contributed by atoms with van der Waals surface area (Å²) in [5.74, 6) is -4.13. The fourth-order valence-electron chi connectivity index (χ4n) is 3.64. The van der Waals surface area contributed by atoms with Crippen molar-refractivity contribution in [3.8, 4) is 0 Å². The normalized spacial score (nSPS) is 13.9. The number of benzene rings is 1. The molecule has 4 N–H and O–H groups in total. The first kappa shape index (κ1) is 30.7. The molecule has 0 aliphatic rings. The third-order valence-corrected chi connectivity index (χ3v) is 5.93. The lowest BCUT2D eigenvalue weighted by Gasteiger charge is -2.23. The molecular formula is C27H39N3O6. The molecule has 36 heavy (non-hydrogen) atoms. The Morgan fingerprint density at radius 3 is 2.00 bits per heavy atom. The molecule has 1 aromatic carbocycles. The van der Waals surface area contributed by atoms with E-state index in [1.165, 1.54) is 27.7 Å². The van der Waals surface area contributed by atoms with E-state index in [0.717, 1.165) is 5.56 Å². The lowest BCUT2D eigenvalue weighted by molar-refractivity contribution is -0.141.